The third kappa shape index (κ3) is 2.88. The van der Waals surface area contributed by atoms with Crippen molar-refractivity contribution in [2.45, 2.75) is 44.1 Å². The maximum Gasteiger partial charge on any atom is 0.150 e. The molecular formula is C15H22N2O2S. The van der Waals surface area contributed by atoms with Crippen molar-refractivity contribution in [2.75, 3.05) is 11.5 Å². The number of aryl methyl sites for hydroxylation is 1. The first-order chi connectivity index (χ1) is 9.55. The molecule has 1 aliphatic heterocycles. The first kappa shape index (κ1) is 14.0. The highest BCUT2D eigenvalue weighted by Gasteiger charge is 2.33. The molecule has 3 atom stereocenters. The summed E-state index contributed by atoms with van der Waals surface area (Å²) in [6.45, 7) is 0. The van der Waals surface area contributed by atoms with Crippen LogP contribution in [-0.4, -0.2) is 30.9 Å². The summed E-state index contributed by atoms with van der Waals surface area (Å²) in [5, 5.41) is 0. The van der Waals surface area contributed by atoms with E-state index in [9.17, 15) is 8.42 Å². The minimum atomic E-state index is -2.80. The van der Waals surface area contributed by atoms with Crippen LogP contribution >= 0.6 is 0 Å². The summed E-state index contributed by atoms with van der Waals surface area (Å²) in [4.78, 5) is 4.53. The SMILES string of the molecule is NC(CC1CCS(=O)(=O)C1)C1CCCc2cccnc21. The van der Waals surface area contributed by atoms with Gasteiger partial charge in [0.25, 0.3) is 0 Å². The molecule has 1 saturated heterocycles. The first-order valence-electron chi connectivity index (χ1n) is 7.45. The molecule has 0 aromatic carbocycles. The van der Waals surface area contributed by atoms with Crippen molar-refractivity contribution >= 4 is 9.84 Å². The molecule has 5 heteroatoms. The highest BCUT2D eigenvalue weighted by atomic mass is 32.2. The fourth-order valence-electron chi connectivity index (χ4n) is 3.67. The zero-order valence-corrected chi connectivity index (χ0v) is 12.5. The second-order valence-electron chi connectivity index (χ2n) is 6.22. The third-order valence-electron chi connectivity index (χ3n) is 4.69. The van der Waals surface area contributed by atoms with E-state index in [-0.39, 0.29) is 12.0 Å². The normalized spacial score (nSPS) is 29.9. The van der Waals surface area contributed by atoms with Crippen LogP contribution in [0.2, 0.25) is 0 Å². The van der Waals surface area contributed by atoms with Crippen LogP contribution < -0.4 is 5.73 Å². The van der Waals surface area contributed by atoms with Gasteiger partial charge in [-0.2, -0.15) is 0 Å². The number of pyridine rings is 1. The van der Waals surface area contributed by atoms with E-state index in [0.29, 0.717) is 17.4 Å². The summed E-state index contributed by atoms with van der Waals surface area (Å²) in [5.41, 5.74) is 8.86. The Morgan fingerprint density at radius 3 is 3.00 bits per heavy atom. The average Bonchev–Trinajstić information content (AvgIpc) is 2.77. The number of aromatic nitrogens is 1. The predicted octanol–water partition coefficient (Wildman–Crippen LogP) is 1.65. The average molecular weight is 294 g/mol. The summed E-state index contributed by atoms with van der Waals surface area (Å²) in [5.74, 6) is 1.19. The largest absolute Gasteiger partial charge is 0.327 e. The van der Waals surface area contributed by atoms with Gasteiger partial charge in [0.2, 0.25) is 0 Å². The van der Waals surface area contributed by atoms with Gasteiger partial charge >= 0.3 is 0 Å². The van der Waals surface area contributed by atoms with E-state index < -0.39 is 9.84 Å². The standard InChI is InChI=1S/C15H22N2O2S/c16-14(9-11-6-8-20(18,19)10-11)13-5-1-3-12-4-2-7-17-15(12)13/h2,4,7,11,13-14H,1,3,5-6,8-10,16H2. The third-order valence-corrected chi connectivity index (χ3v) is 6.52. The van der Waals surface area contributed by atoms with Crippen LogP contribution in [0.15, 0.2) is 18.3 Å². The summed E-state index contributed by atoms with van der Waals surface area (Å²) in [6.07, 6.45) is 6.73. The highest BCUT2D eigenvalue weighted by Crippen LogP contribution is 2.35. The van der Waals surface area contributed by atoms with Crippen LogP contribution in [0.3, 0.4) is 0 Å². The summed E-state index contributed by atoms with van der Waals surface area (Å²) < 4.78 is 23.1. The van der Waals surface area contributed by atoms with Crippen molar-refractivity contribution < 1.29 is 8.42 Å². The molecule has 1 aromatic heterocycles. The highest BCUT2D eigenvalue weighted by molar-refractivity contribution is 7.91. The summed E-state index contributed by atoms with van der Waals surface area (Å²) in [6, 6.07) is 4.15. The lowest BCUT2D eigenvalue weighted by molar-refractivity contribution is 0.382. The molecule has 4 nitrogen and oxygen atoms in total. The fraction of sp³-hybridized carbons (Fsp3) is 0.667. The number of sulfone groups is 1. The van der Waals surface area contributed by atoms with E-state index >= 15 is 0 Å². The lowest BCUT2D eigenvalue weighted by atomic mass is 9.79. The van der Waals surface area contributed by atoms with Gasteiger partial charge in [-0.25, -0.2) is 8.42 Å². The Hall–Kier alpha value is -0.940. The van der Waals surface area contributed by atoms with E-state index in [1.54, 1.807) is 0 Å². The maximum absolute atomic E-state index is 11.5. The number of nitrogens with zero attached hydrogens (tertiary/aromatic N) is 1. The van der Waals surface area contributed by atoms with Crippen LogP contribution in [0, 0.1) is 5.92 Å². The second-order valence-corrected chi connectivity index (χ2v) is 8.44. The van der Waals surface area contributed by atoms with Crippen molar-refractivity contribution in [1.82, 2.24) is 4.98 Å². The van der Waals surface area contributed by atoms with Gasteiger partial charge in [-0.15, -0.1) is 0 Å². The molecule has 1 aliphatic carbocycles. The van der Waals surface area contributed by atoms with Crippen molar-refractivity contribution in [1.29, 1.82) is 0 Å². The van der Waals surface area contributed by atoms with Gasteiger partial charge in [-0.05, 0) is 49.7 Å². The van der Waals surface area contributed by atoms with Gasteiger partial charge in [0.05, 0.1) is 11.5 Å². The van der Waals surface area contributed by atoms with E-state index in [2.05, 4.69) is 11.1 Å². The number of hydrogen-bond donors (Lipinski definition) is 1. The minimum Gasteiger partial charge on any atom is -0.327 e. The minimum absolute atomic E-state index is 0.0299. The van der Waals surface area contributed by atoms with Gasteiger partial charge in [-0.3, -0.25) is 4.98 Å². The molecule has 1 fully saturated rings. The number of rotatable bonds is 3. The first-order valence-corrected chi connectivity index (χ1v) is 9.27. The Balaban J connectivity index is 1.71. The van der Waals surface area contributed by atoms with Crippen LogP contribution in [0.25, 0.3) is 0 Å². The van der Waals surface area contributed by atoms with Gasteiger partial charge in [0.15, 0.2) is 9.84 Å². The second kappa shape index (κ2) is 5.45. The molecule has 2 heterocycles. The molecule has 0 spiro atoms. The maximum atomic E-state index is 11.5. The van der Waals surface area contributed by atoms with Gasteiger partial charge in [-0.1, -0.05) is 6.07 Å². The molecule has 2 N–H and O–H groups in total. The molecule has 2 aliphatic rings. The molecule has 0 radical (unpaired) electrons. The monoisotopic (exact) mass is 294 g/mol. The van der Waals surface area contributed by atoms with E-state index in [0.717, 1.165) is 37.8 Å². The zero-order chi connectivity index (χ0) is 14.2. The number of nitrogens with two attached hydrogens (primary N) is 1. The summed E-state index contributed by atoms with van der Waals surface area (Å²) >= 11 is 0. The van der Waals surface area contributed by atoms with E-state index in [1.165, 1.54) is 5.56 Å². The van der Waals surface area contributed by atoms with Crippen molar-refractivity contribution in [2.24, 2.45) is 11.7 Å². The van der Waals surface area contributed by atoms with E-state index in [1.807, 2.05) is 12.3 Å². The topological polar surface area (TPSA) is 73.1 Å². The van der Waals surface area contributed by atoms with Gasteiger partial charge < -0.3 is 5.73 Å². The van der Waals surface area contributed by atoms with Crippen molar-refractivity contribution in [3.8, 4) is 0 Å². The summed E-state index contributed by atoms with van der Waals surface area (Å²) in [7, 11) is -2.80. The van der Waals surface area contributed by atoms with Crippen molar-refractivity contribution in [3.63, 3.8) is 0 Å². The Kier molecular flexibility index (Phi) is 3.82. The number of hydrogen-bond acceptors (Lipinski definition) is 4. The zero-order valence-electron chi connectivity index (χ0n) is 11.7. The lowest BCUT2D eigenvalue weighted by Crippen LogP contribution is -2.33. The molecule has 0 saturated carbocycles. The van der Waals surface area contributed by atoms with Crippen molar-refractivity contribution in [3.05, 3.63) is 29.6 Å². The molecule has 110 valence electrons. The molecule has 3 unspecified atom stereocenters. The molecule has 3 rings (SSSR count). The van der Waals surface area contributed by atoms with Crippen LogP contribution in [0.5, 0.6) is 0 Å². The number of fused-ring (bicyclic) bond motifs is 1. The molecular weight excluding hydrogens is 272 g/mol. The van der Waals surface area contributed by atoms with Gasteiger partial charge in [0.1, 0.15) is 0 Å². The molecule has 0 bridgehead atoms. The van der Waals surface area contributed by atoms with Crippen LogP contribution in [0.1, 0.15) is 42.9 Å². The Morgan fingerprint density at radius 1 is 1.40 bits per heavy atom. The van der Waals surface area contributed by atoms with Gasteiger partial charge in [0, 0.05) is 23.9 Å². The Bertz CT molecular complexity index is 585. The lowest BCUT2D eigenvalue weighted by Gasteiger charge is -2.30. The Labute approximate surface area is 120 Å². The predicted molar refractivity (Wildman–Crippen MR) is 79.3 cm³/mol. The quantitative estimate of drug-likeness (QED) is 0.920. The smallest absolute Gasteiger partial charge is 0.150 e. The fourth-order valence-corrected chi connectivity index (χ4v) is 5.55. The van der Waals surface area contributed by atoms with Crippen LogP contribution in [-0.2, 0) is 16.3 Å². The molecule has 1 aromatic rings. The van der Waals surface area contributed by atoms with E-state index in [4.69, 9.17) is 5.73 Å². The molecule has 20 heavy (non-hydrogen) atoms. The Morgan fingerprint density at radius 2 is 2.25 bits per heavy atom. The molecule has 0 amide bonds. The van der Waals surface area contributed by atoms with Crippen LogP contribution in [0.4, 0.5) is 0 Å².